The summed E-state index contributed by atoms with van der Waals surface area (Å²) in [4.78, 5) is 0. The molecule has 24 heavy (non-hydrogen) atoms. The van der Waals surface area contributed by atoms with Crippen LogP contribution in [0.3, 0.4) is 0 Å². The predicted octanol–water partition coefficient (Wildman–Crippen LogP) is 3.87. The lowest BCUT2D eigenvalue weighted by atomic mass is 10.1. The zero-order valence-corrected chi connectivity index (χ0v) is 13.8. The zero-order chi connectivity index (χ0) is 16.6. The Kier molecular flexibility index (Phi) is 6.19. The first-order valence-corrected chi connectivity index (χ1v) is 8.47. The molecule has 0 saturated heterocycles. The van der Waals surface area contributed by atoms with Gasteiger partial charge in [0.15, 0.2) is 0 Å². The first-order valence-electron chi connectivity index (χ1n) is 8.47. The number of benzene rings is 2. The van der Waals surface area contributed by atoms with Gasteiger partial charge >= 0.3 is 0 Å². The molecule has 0 spiro atoms. The summed E-state index contributed by atoms with van der Waals surface area (Å²) in [5.41, 5.74) is 2.23. The summed E-state index contributed by atoms with van der Waals surface area (Å²) in [5, 5.41) is 10.4. The van der Waals surface area contributed by atoms with Crippen molar-refractivity contribution in [2.45, 2.75) is 44.4 Å². The fourth-order valence-electron chi connectivity index (χ4n) is 2.91. The molecule has 0 unspecified atom stereocenters. The maximum atomic E-state index is 10.4. The SMILES string of the molecule is O[C@@H]1CC=CC[C@H](OCc2ccccc2)[C@H]1OCc1ccccc1. The third-order valence-corrected chi connectivity index (χ3v) is 4.25. The van der Waals surface area contributed by atoms with E-state index in [0.29, 0.717) is 19.6 Å². The minimum absolute atomic E-state index is 0.150. The molecule has 2 aromatic rings. The maximum absolute atomic E-state index is 10.4. The minimum atomic E-state index is -0.548. The van der Waals surface area contributed by atoms with Gasteiger partial charge in [-0.25, -0.2) is 0 Å². The van der Waals surface area contributed by atoms with Crippen molar-refractivity contribution in [2.24, 2.45) is 0 Å². The van der Waals surface area contributed by atoms with Crippen molar-refractivity contribution in [3.8, 4) is 0 Å². The van der Waals surface area contributed by atoms with Crippen molar-refractivity contribution in [1.29, 1.82) is 0 Å². The Labute approximate surface area is 143 Å². The van der Waals surface area contributed by atoms with Crippen molar-refractivity contribution in [2.75, 3.05) is 0 Å². The number of ether oxygens (including phenoxy) is 2. The smallest absolute Gasteiger partial charge is 0.110 e. The van der Waals surface area contributed by atoms with Crippen LogP contribution in [0.5, 0.6) is 0 Å². The average Bonchev–Trinajstić information content (AvgIpc) is 2.81. The molecule has 1 aliphatic rings. The Hall–Kier alpha value is -1.94. The summed E-state index contributed by atoms with van der Waals surface area (Å²) >= 11 is 0. The highest BCUT2D eigenvalue weighted by atomic mass is 16.5. The molecule has 3 rings (SSSR count). The summed E-state index contributed by atoms with van der Waals surface area (Å²) in [6.07, 6.45) is 4.41. The average molecular weight is 324 g/mol. The highest BCUT2D eigenvalue weighted by molar-refractivity contribution is 5.14. The summed E-state index contributed by atoms with van der Waals surface area (Å²) in [6.45, 7) is 1.00. The van der Waals surface area contributed by atoms with E-state index in [4.69, 9.17) is 9.47 Å². The number of rotatable bonds is 6. The first-order chi connectivity index (χ1) is 11.8. The fraction of sp³-hybridized carbons (Fsp3) is 0.333. The molecule has 0 aromatic heterocycles. The van der Waals surface area contributed by atoms with Gasteiger partial charge in [-0.15, -0.1) is 0 Å². The molecule has 3 nitrogen and oxygen atoms in total. The van der Waals surface area contributed by atoms with Gasteiger partial charge in [-0.3, -0.25) is 0 Å². The first kappa shape index (κ1) is 16.9. The molecule has 0 saturated carbocycles. The maximum Gasteiger partial charge on any atom is 0.110 e. The highest BCUT2D eigenvalue weighted by Gasteiger charge is 2.30. The Balaban J connectivity index is 1.63. The molecule has 3 atom stereocenters. The number of aliphatic hydroxyl groups is 1. The van der Waals surface area contributed by atoms with Crippen LogP contribution in [-0.4, -0.2) is 23.4 Å². The highest BCUT2D eigenvalue weighted by Crippen LogP contribution is 2.22. The van der Waals surface area contributed by atoms with E-state index < -0.39 is 6.10 Å². The van der Waals surface area contributed by atoms with Crippen LogP contribution in [-0.2, 0) is 22.7 Å². The van der Waals surface area contributed by atoms with E-state index >= 15 is 0 Å². The Morgan fingerprint density at radius 3 is 1.92 bits per heavy atom. The number of hydrogen-bond acceptors (Lipinski definition) is 3. The summed E-state index contributed by atoms with van der Waals surface area (Å²) in [6, 6.07) is 20.1. The molecular formula is C21H24O3. The molecule has 0 fully saturated rings. The lowest BCUT2D eigenvalue weighted by molar-refractivity contribution is -0.128. The Morgan fingerprint density at radius 1 is 0.750 bits per heavy atom. The van der Waals surface area contributed by atoms with Gasteiger partial charge in [0.1, 0.15) is 6.10 Å². The molecule has 1 aliphatic carbocycles. The second-order valence-electron chi connectivity index (χ2n) is 6.11. The second-order valence-corrected chi connectivity index (χ2v) is 6.11. The normalized spacial score (nSPS) is 23.8. The van der Waals surface area contributed by atoms with E-state index in [1.807, 2.05) is 66.7 Å². The van der Waals surface area contributed by atoms with E-state index in [1.165, 1.54) is 0 Å². The summed E-state index contributed by atoms with van der Waals surface area (Å²) in [5.74, 6) is 0. The van der Waals surface area contributed by atoms with Crippen LogP contribution in [0, 0.1) is 0 Å². The summed E-state index contributed by atoms with van der Waals surface area (Å²) in [7, 11) is 0. The van der Waals surface area contributed by atoms with E-state index in [9.17, 15) is 5.11 Å². The van der Waals surface area contributed by atoms with Gasteiger partial charge in [0.05, 0.1) is 25.4 Å². The van der Waals surface area contributed by atoms with Gasteiger partial charge < -0.3 is 14.6 Å². The van der Waals surface area contributed by atoms with Crippen molar-refractivity contribution >= 4 is 0 Å². The topological polar surface area (TPSA) is 38.7 Å². The molecule has 0 radical (unpaired) electrons. The van der Waals surface area contributed by atoms with Crippen LogP contribution in [0.4, 0.5) is 0 Å². The Bertz CT molecular complexity index is 624. The van der Waals surface area contributed by atoms with Crippen molar-refractivity contribution in [3.05, 3.63) is 83.9 Å². The summed E-state index contributed by atoms with van der Waals surface area (Å²) < 4.78 is 12.1. The molecule has 2 aromatic carbocycles. The lowest BCUT2D eigenvalue weighted by Crippen LogP contribution is -2.40. The molecule has 0 amide bonds. The molecular weight excluding hydrogens is 300 g/mol. The molecule has 126 valence electrons. The van der Waals surface area contributed by atoms with Crippen molar-refractivity contribution < 1.29 is 14.6 Å². The van der Waals surface area contributed by atoms with Crippen molar-refractivity contribution in [1.82, 2.24) is 0 Å². The van der Waals surface area contributed by atoms with Crippen LogP contribution in [0.2, 0.25) is 0 Å². The van der Waals surface area contributed by atoms with Crippen LogP contribution >= 0.6 is 0 Å². The zero-order valence-electron chi connectivity index (χ0n) is 13.8. The Morgan fingerprint density at radius 2 is 1.29 bits per heavy atom. The van der Waals surface area contributed by atoms with Crippen LogP contribution in [0.25, 0.3) is 0 Å². The van der Waals surface area contributed by atoms with E-state index in [1.54, 1.807) is 0 Å². The lowest BCUT2D eigenvalue weighted by Gasteiger charge is -2.29. The van der Waals surface area contributed by atoms with Gasteiger partial charge in [-0.05, 0) is 24.0 Å². The predicted molar refractivity (Wildman–Crippen MR) is 94.4 cm³/mol. The fourth-order valence-corrected chi connectivity index (χ4v) is 2.91. The van der Waals surface area contributed by atoms with Gasteiger partial charge in [0, 0.05) is 0 Å². The van der Waals surface area contributed by atoms with Crippen LogP contribution in [0.1, 0.15) is 24.0 Å². The second kappa shape index (κ2) is 8.78. The van der Waals surface area contributed by atoms with Gasteiger partial charge in [-0.2, -0.15) is 0 Å². The molecule has 0 bridgehead atoms. The molecule has 3 heteroatoms. The standard InChI is InChI=1S/C21H24O3/c22-19-13-7-8-14-20(23-15-17-9-3-1-4-10-17)21(19)24-16-18-11-5-2-6-12-18/h1-12,19-22H,13-16H2/t19-,20+,21+/m1/s1. The minimum Gasteiger partial charge on any atom is -0.390 e. The molecule has 0 heterocycles. The third-order valence-electron chi connectivity index (χ3n) is 4.25. The van der Waals surface area contributed by atoms with Gasteiger partial charge in [0.2, 0.25) is 0 Å². The van der Waals surface area contributed by atoms with Crippen molar-refractivity contribution in [3.63, 3.8) is 0 Å². The number of hydrogen-bond donors (Lipinski definition) is 1. The molecule has 1 N–H and O–H groups in total. The monoisotopic (exact) mass is 324 g/mol. The van der Waals surface area contributed by atoms with Gasteiger partial charge in [-0.1, -0.05) is 72.8 Å². The third kappa shape index (κ3) is 4.78. The van der Waals surface area contributed by atoms with E-state index in [-0.39, 0.29) is 12.2 Å². The molecule has 0 aliphatic heterocycles. The quantitative estimate of drug-likeness (QED) is 0.820. The largest absolute Gasteiger partial charge is 0.390 e. The number of aliphatic hydroxyl groups excluding tert-OH is 1. The van der Waals surface area contributed by atoms with Gasteiger partial charge in [0.25, 0.3) is 0 Å². The van der Waals surface area contributed by atoms with E-state index in [0.717, 1.165) is 17.5 Å². The van der Waals surface area contributed by atoms with Crippen LogP contribution < -0.4 is 0 Å². The van der Waals surface area contributed by atoms with E-state index in [2.05, 4.69) is 6.08 Å². The van der Waals surface area contributed by atoms with Crippen LogP contribution in [0.15, 0.2) is 72.8 Å².